The van der Waals surface area contributed by atoms with Crippen LogP contribution in [0, 0.1) is 0 Å². The molecule has 110 valence electrons. The molecule has 0 aliphatic carbocycles. The summed E-state index contributed by atoms with van der Waals surface area (Å²) in [5.41, 5.74) is -0.449. The van der Waals surface area contributed by atoms with E-state index in [0.29, 0.717) is 6.42 Å². The van der Waals surface area contributed by atoms with Gasteiger partial charge in [-0.1, -0.05) is 13.3 Å². The second kappa shape index (κ2) is 5.40. The van der Waals surface area contributed by atoms with E-state index in [1.165, 1.54) is 0 Å². The maximum Gasteiger partial charge on any atom is 0.242 e. The van der Waals surface area contributed by atoms with E-state index in [2.05, 4.69) is 12.2 Å². The minimum absolute atomic E-state index is 0.0777. The molecular formula is C13H24N2O3S. The van der Waals surface area contributed by atoms with Gasteiger partial charge < -0.3 is 10.2 Å². The Labute approximate surface area is 115 Å². The van der Waals surface area contributed by atoms with Crippen molar-refractivity contribution in [1.82, 2.24) is 10.2 Å². The number of nitrogens with one attached hydrogen (secondary N) is 1. The zero-order valence-electron chi connectivity index (χ0n) is 11.8. The second-order valence-corrected chi connectivity index (χ2v) is 8.06. The Kier molecular flexibility index (Phi) is 4.20. The highest BCUT2D eigenvalue weighted by molar-refractivity contribution is 7.91. The lowest BCUT2D eigenvalue weighted by Gasteiger charge is -2.35. The first-order chi connectivity index (χ1) is 8.90. The Bertz CT molecular complexity index is 441. The molecule has 0 aromatic carbocycles. The first-order valence-electron chi connectivity index (χ1n) is 7.13. The lowest BCUT2D eigenvalue weighted by Crippen LogP contribution is -2.56. The molecule has 2 aliphatic heterocycles. The first-order valence-corrected chi connectivity index (χ1v) is 8.95. The number of sulfone groups is 1. The van der Waals surface area contributed by atoms with Crippen molar-refractivity contribution in [1.29, 1.82) is 0 Å². The molecular weight excluding hydrogens is 264 g/mol. The largest absolute Gasteiger partial charge is 0.340 e. The number of carbonyl (C=O) groups excluding carboxylic acids is 1. The van der Waals surface area contributed by atoms with Crippen molar-refractivity contribution in [3.8, 4) is 0 Å². The third-order valence-electron chi connectivity index (χ3n) is 4.41. The molecule has 2 unspecified atom stereocenters. The molecule has 5 nitrogen and oxygen atoms in total. The summed E-state index contributed by atoms with van der Waals surface area (Å²) >= 11 is 0. The van der Waals surface area contributed by atoms with E-state index in [4.69, 9.17) is 0 Å². The van der Waals surface area contributed by atoms with E-state index in [1.54, 1.807) is 11.9 Å². The molecule has 19 heavy (non-hydrogen) atoms. The Morgan fingerprint density at radius 3 is 2.68 bits per heavy atom. The molecule has 2 fully saturated rings. The van der Waals surface area contributed by atoms with Gasteiger partial charge in [0.25, 0.3) is 0 Å². The predicted molar refractivity (Wildman–Crippen MR) is 74.7 cm³/mol. The summed E-state index contributed by atoms with van der Waals surface area (Å²) in [6.07, 6.45) is 4.24. The summed E-state index contributed by atoms with van der Waals surface area (Å²) in [6.45, 7) is 2.96. The van der Waals surface area contributed by atoms with E-state index >= 15 is 0 Å². The molecule has 0 bridgehead atoms. The molecule has 0 spiro atoms. The molecule has 2 aliphatic rings. The van der Waals surface area contributed by atoms with E-state index in [-0.39, 0.29) is 23.5 Å². The Morgan fingerprint density at radius 1 is 1.47 bits per heavy atom. The molecule has 2 heterocycles. The second-order valence-electron chi connectivity index (χ2n) is 5.84. The molecule has 0 radical (unpaired) electrons. The van der Waals surface area contributed by atoms with Crippen LogP contribution in [0.2, 0.25) is 0 Å². The Hall–Kier alpha value is -0.620. The van der Waals surface area contributed by atoms with E-state index in [1.807, 2.05) is 0 Å². The summed E-state index contributed by atoms with van der Waals surface area (Å²) in [5, 5.41) is 3.36. The number of amides is 1. The number of hydrogen-bond acceptors (Lipinski definition) is 4. The van der Waals surface area contributed by atoms with Gasteiger partial charge in [0.2, 0.25) is 5.91 Å². The van der Waals surface area contributed by atoms with Crippen LogP contribution in [0.3, 0.4) is 0 Å². The monoisotopic (exact) mass is 288 g/mol. The van der Waals surface area contributed by atoms with Crippen LogP contribution < -0.4 is 5.32 Å². The highest BCUT2D eigenvalue weighted by atomic mass is 32.2. The molecule has 0 aromatic rings. The molecule has 2 saturated heterocycles. The van der Waals surface area contributed by atoms with E-state index in [0.717, 1.165) is 32.2 Å². The normalized spacial score (nSPS) is 33.5. The van der Waals surface area contributed by atoms with E-state index < -0.39 is 15.4 Å². The van der Waals surface area contributed by atoms with Gasteiger partial charge in [-0.15, -0.1) is 0 Å². The number of nitrogens with zero attached hydrogens (tertiary/aromatic N) is 1. The van der Waals surface area contributed by atoms with E-state index in [9.17, 15) is 13.2 Å². The summed E-state index contributed by atoms with van der Waals surface area (Å²) in [7, 11) is -1.19. The van der Waals surface area contributed by atoms with Crippen LogP contribution in [0.5, 0.6) is 0 Å². The molecule has 6 heteroatoms. The zero-order valence-corrected chi connectivity index (χ0v) is 12.6. The van der Waals surface area contributed by atoms with Crippen LogP contribution in [0.15, 0.2) is 0 Å². The first kappa shape index (κ1) is 14.8. The quantitative estimate of drug-likeness (QED) is 0.820. The Balaban J connectivity index is 2.09. The molecule has 2 rings (SSSR count). The van der Waals surface area contributed by atoms with Crippen molar-refractivity contribution in [2.45, 2.75) is 50.6 Å². The molecule has 0 aromatic heterocycles. The number of rotatable bonds is 4. The summed E-state index contributed by atoms with van der Waals surface area (Å²) in [5.74, 6) is 0.412. The van der Waals surface area contributed by atoms with Gasteiger partial charge in [-0.25, -0.2) is 8.42 Å². The number of hydrogen-bond donors (Lipinski definition) is 1. The summed E-state index contributed by atoms with van der Waals surface area (Å²) < 4.78 is 23.1. The minimum Gasteiger partial charge on any atom is -0.340 e. The van der Waals surface area contributed by atoms with Gasteiger partial charge in [0, 0.05) is 13.1 Å². The average molecular weight is 288 g/mol. The maximum atomic E-state index is 12.7. The van der Waals surface area contributed by atoms with Crippen LogP contribution in [0.25, 0.3) is 0 Å². The summed E-state index contributed by atoms with van der Waals surface area (Å²) in [6, 6.07) is -0.145. The molecule has 0 saturated carbocycles. The van der Waals surface area contributed by atoms with Crippen LogP contribution in [-0.2, 0) is 14.6 Å². The van der Waals surface area contributed by atoms with Gasteiger partial charge in [0.1, 0.15) is 0 Å². The fourth-order valence-electron chi connectivity index (χ4n) is 3.32. The van der Waals surface area contributed by atoms with Crippen molar-refractivity contribution in [3.05, 3.63) is 0 Å². The fraction of sp³-hybridized carbons (Fsp3) is 0.923. The average Bonchev–Trinajstić information content (AvgIpc) is 2.95. The van der Waals surface area contributed by atoms with Crippen molar-refractivity contribution in [2.24, 2.45) is 0 Å². The maximum absolute atomic E-state index is 12.7. The predicted octanol–water partition coefficient (Wildman–Crippen LogP) is 0.554. The standard InChI is InChI=1S/C13H24N2O3S/c1-3-6-13(7-4-8-14-13)12(16)15(2)11-5-9-19(17,18)10-11/h11,14H,3-10H2,1-2H3. The van der Waals surface area contributed by atoms with Crippen molar-refractivity contribution in [3.63, 3.8) is 0 Å². The highest BCUT2D eigenvalue weighted by Crippen LogP contribution is 2.29. The fourth-order valence-corrected chi connectivity index (χ4v) is 5.09. The summed E-state index contributed by atoms with van der Waals surface area (Å²) in [4.78, 5) is 14.4. The third kappa shape index (κ3) is 2.94. The van der Waals surface area contributed by atoms with Crippen molar-refractivity contribution >= 4 is 15.7 Å². The highest BCUT2D eigenvalue weighted by Gasteiger charge is 2.44. The van der Waals surface area contributed by atoms with Crippen LogP contribution >= 0.6 is 0 Å². The van der Waals surface area contributed by atoms with Gasteiger partial charge in [-0.3, -0.25) is 4.79 Å². The van der Waals surface area contributed by atoms with Crippen LogP contribution in [0.4, 0.5) is 0 Å². The number of carbonyl (C=O) groups is 1. The smallest absolute Gasteiger partial charge is 0.242 e. The van der Waals surface area contributed by atoms with Crippen LogP contribution in [-0.4, -0.2) is 55.9 Å². The Morgan fingerprint density at radius 2 is 2.21 bits per heavy atom. The minimum atomic E-state index is -2.94. The van der Waals surface area contributed by atoms with Gasteiger partial charge in [-0.2, -0.15) is 0 Å². The molecule has 1 amide bonds. The zero-order chi connectivity index (χ0) is 14.1. The molecule has 2 atom stereocenters. The third-order valence-corrected chi connectivity index (χ3v) is 6.16. The topological polar surface area (TPSA) is 66.5 Å². The van der Waals surface area contributed by atoms with Gasteiger partial charge >= 0.3 is 0 Å². The SMILES string of the molecule is CCCC1(C(=O)N(C)C2CCS(=O)(=O)C2)CCCN1. The molecule has 1 N–H and O–H groups in total. The lowest BCUT2D eigenvalue weighted by atomic mass is 9.90. The van der Waals surface area contributed by atoms with Crippen molar-refractivity contribution < 1.29 is 13.2 Å². The van der Waals surface area contributed by atoms with Gasteiger partial charge in [0.15, 0.2) is 9.84 Å². The lowest BCUT2D eigenvalue weighted by molar-refractivity contribution is -0.138. The van der Waals surface area contributed by atoms with Crippen LogP contribution in [0.1, 0.15) is 39.0 Å². The van der Waals surface area contributed by atoms with Crippen molar-refractivity contribution in [2.75, 3.05) is 25.1 Å². The number of likely N-dealkylation sites (N-methyl/N-ethyl adjacent to an activating group) is 1. The van der Waals surface area contributed by atoms with Gasteiger partial charge in [-0.05, 0) is 32.2 Å². The van der Waals surface area contributed by atoms with Gasteiger partial charge in [0.05, 0.1) is 17.0 Å².